The third-order valence-electron chi connectivity index (χ3n) is 5.43. The van der Waals surface area contributed by atoms with E-state index in [-0.39, 0.29) is 0 Å². The van der Waals surface area contributed by atoms with E-state index in [9.17, 15) is 0 Å². The Kier molecular flexibility index (Phi) is 8.03. The maximum atomic E-state index is 3.50. The summed E-state index contributed by atoms with van der Waals surface area (Å²) in [7, 11) is 0. The topological polar surface area (TPSA) is 24.1 Å². The molecule has 160 valence electrons. The Morgan fingerprint density at radius 3 is 1.03 bits per heavy atom. The smallest absolute Gasteiger partial charge is 0.0208 e. The van der Waals surface area contributed by atoms with Crippen LogP contribution in [-0.4, -0.2) is 0 Å². The predicted molar refractivity (Wildman–Crippen MR) is 136 cm³/mol. The van der Waals surface area contributed by atoms with Crippen LogP contribution in [0.1, 0.15) is 33.4 Å². The van der Waals surface area contributed by atoms with Gasteiger partial charge < -0.3 is 10.6 Å². The van der Waals surface area contributed by atoms with Crippen molar-refractivity contribution in [3.8, 4) is 0 Å². The summed E-state index contributed by atoms with van der Waals surface area (Å²) in [5.74, 6) is 0. The third-order valence-corrected chi connectivity index (χ3v) is 5.43. The van der Waals surface area contributed by atoms with E-state index in [2.05, 4.69) is 132 Å². The average molecular weight is 419 g/mol. The second kappa shape index (κ2) is 11.8. The Morgan fingerprint density at radius 2 is 0.688 bits per heavy atom. The summed E-state index contributed by atoms with van der Waals surface area (Å²) in [5.41, 5.74) is 7.64. The number of rotatable bonds is 10. The van der Waals surface area contributed by atoms with Crippen LogP contribution >= 0.6 is 0 Å². The minimum absolute atomic E-state index is 0.874. The minimum Gasteiger partial charge on any atom is -0.309 e. The summed E-state index contributed by atoms with van der Waals surface area (Å²) in [6.07, 6.45) is 4.34. The van der Waals surface area contributed by atoms with E-state index in [0.29, 0.717) is 0 Å². The van der Waals surface area contributed by atoms with Gasteiger partial charge in [0.2, 0.25) is 0 Å². The molecule has 0 fully saturated rings. The molecule has 0 atom stereocenters. The van der Waals surface area contributed by atoms with E-state index < -0.39 is 0 Å². The standard InChI is InChI=1S/C30H30N2/c1-3-7-27(8-4-1)21-31-23-29-17-13-25(14-18-29)11-12-26-15-19-30(20-16-26)24-32-22-28-9-5-2-6-10-28/h1-20,31-32H,21-24H2/b12-11+. The summed E-state index contributed by atoms with van der Waals surface area (Å²) in [5, 5.41) is 7.00. The van der Waals surface area contributed by atoms with Gasteiger partial charge in [0, 0.05) is 26.2 Å². The zero-order chi connectivity index (χ0) is 21.8. The lowest BCUT2D eigenvalue weighted by atomic mass is 10.1. The largest absolute Gasteiger partial charge is 0.309 e. The molecule has 2 N–H and O–H groups in total. The SMILES string of the molecule is C(=C\c1ccc(CNCc2ccccc2)cc1)/c1ccc(CNCc2ccccc2)cc1. The number of hydrogen-bond donors (Lipinski definition) is 2. The van der Waals surface area contributed by atoms with Crippen molar-refractivity contribution in [3.63, 3.8) is 0 Å². The van der Waals surface area contributed by atoms with Crippen molar-refractivity contribution in [2.45, 2.75) is 26.2 Å². The summed E-state index contributed by atoms with van der Waals surface area (Å²) < 4.78 is 0. The molecule has 4 aromatic carbocycles. The van der Waals surface area contributed by atoms with E-state index in [1.807, 2.05) is 0 Å². The monoisotopic (exact) mass is 418 g/mol. The van der Waals surface area contributed by atoms with E-state index in [1.165, 1.54) is 33.4 Å². The van der Waals surface area contributed by atoms with Gasteiger partial charge in [-0.05, 0) is 33.4 Å². The predicted octanol–water partition coefficient (Wildman–Crippen LogP) is 6.44. The molecule has 0 saturated heterocycles. The molecule has 0 heterocycles. The van der Waals surface area contributed by atoms with Crippen molar-refractivity contribution < 1.29 is 0 Å². The quantitative estimate of drug-likeness (QED) is 0.290. The molecule has 0 spiro atoms. The molecule has 32 heavy (non-hydrogen) atoms. The lowest BCUT2D eigenvalue weighted by Crippen LogP contribution is -2.12. The van der Waals surface area contributed by atoms with Crippen LogP contribution in [0.3, 0.4) is 0 Å². The van der Waals surface area contributed by atoms with Gasteiger partial charge in [-0.25, -0.2) is 0 Å². The van der Waals surface area contributed by atoms with Crippen LogP contribution in [-0.2, 0) is 26.2 Å². The van der Waals surface area contributed by atoms with Crippen LogP contribution < -0.4 is 10.6 Å². The molecule has 4 aromatic rings. The van der Waals surface area contributed by atoms with Crippen molar-refractivity contribution in [2.24, 2.45) is 0 Å². The fourth-order valence-electron chi connectivity index (χ4n) is 3.58. The summed E-state index contributed by atoms with van der Waals surface area (Å²) in [6.45, 7) is 3.53. The molecule has 2 nitrogen and oxygen atoms in total. The van der Waals surface area contributed by atoms with Gasteiger partial charge in [0.25, 0.3) is 0 Å². The molecule has 0 amide bonds. The van der Waals surface area contributed by atoms with Gasteiger partial charge in [-0.15, -0.1) is 0 Å². The first-order chi connectivity index (χ1) is 15.8. The zero-order valence-corrected chi connectivity index (χ0v) is 18.4. The molecule has 0 bridgehead atoms. The number of hydrogen-bond acceptors (Lipinski definition) is 2. The van der Waals surface area contributed by atoms with Crippen molar-refractivity contribution >= 4 is 12.2 Å². The van der Waals surface area contributed by atoms with Gasteiger partial charge in [-0.2, -0.15) is 0 Å². The first-order valence-corrected chi connectivity index (χ1v) is 11.2. The molecule has 4 rings (SSSR count). The zero-order valence-electron chi connectivity index (χ0n) is 18.4. The van der Waals surface area contributed by atoms with Crippen molar-refractivity contribution in [1.82, 2.24) is 10.6 Å². The number of benzene rings is 4. The highest BCUT2D eigenvalue weighted by Crippen LogP contribution is 2.12. The van der Waals surface area contributed by atoms with Gasteiger partial charge in [0.1, 0.15) is 0 Å². The lowest BCUT2D eigenvalue weighted by Gasteiger charge is -2.06. The summed E-state index contributed by atoms with van der Waals surface area (Å²) in [4.78, 5) is 0. The minimum atomic E-state index is 0.874. The molecule has 0 aliphatic rings. The highest BCUT2D eigenvalue weighted by Gasteiger charge is 1.96. The van der Waals surface area contributed by atoms with Gasteiger partial charge >= 0.3 is 0 Å². The van der Waals surface area contributed by atoms with E-state index in [4.69, 9.17) is 0 Å². The van der Waals surface area contributed by atoms with Gasteiger partial charge in [0.15, 0.2) is 0 Å². The third kappa shape index (κ3) is 7.05. The van der Waals surface area contributed by atoms with Crippen LogP contribution in [0.2, 0.25) is 0 Å². The van der Waals surface area contributed by atoms with Crippen molar-refractivity contribution in [3.05, 3.63) is 143 Å². The fraction of sp³-hybridized carbons (Fsp3) is 0.133. The van der Waals surface area contributed by atoms with Crippen LogP contribution in [0, 0.1) is 0 Å². The first-order valence-electron chi connectivity index (χ1n) is 11.2. The summed E-state index contributed by atoms with van der Waals surface area (Å²) in [6, 6.07) is 38.5. The van der Waals surface area contributed by atoms with Crippen LogP contribution in [0.4, 0.5) is 0 Å². The van der Waals surface area contributed by atoms with Gasteiger partial charge in [0.05, 0.1) is 0 Å². The first kappa shape index (κ1) is 21.8. The molecule has 0 unspecified atom stereocenters. The molecular weight excluding hydrogens is 388 g/mol. The highest BCUT2D eigenvalue weighted by molar-refractivity contribution is 5.69. The molecular formula is C30H30N2. The normalized spacial score (nSPS) is 11.1. The Morgan fingerprint density at radius 1 is 0.375 bits per heavy atom. The van der Waals surface area contributed by atoms with Crippen LogP contribution in [0.25, 0.3) is 12.2 Å². The van der Waals surface area contributed by atoms with E-state index in [1.54, 1.807) is 0 Å². The van der Waals surface area contributed by atoms with Crippen LogP contribution in [0.5, 0.6) is 0 Å². The molecule has 0 aliphatic heterocycles. The van der Waals surface area contributed by atoms with Gasteiger partial charge in [-0.1, -0.05) is 121 Å². The van der Waals surface area contributed by atoms with Crippen molar-refractivity contribution in [1.29, 1.82) is 0 Å². The lowest BCUT2D eigenvalue weighted by molar-refractivity contribution is 0.693. The average Bonchev–Trinajstić information content (AvgIpc) is 2.86. The van der Waals surface area contributed by atoms with Gasteiger partial charge in [-0.3, -0.25) is 0 Å². The maximum absolute atomic E-state index is 3.50. The second-order valence-corrected chi connectivity index (χ2v) is 7.99. The Bertz CT molecular complexity index is 992. The molecule has 0 aliphatic carbocycles. The maximum Gasteiger partial charge on any atom is 0.0208 e. The Hall–Kier alpha value is -3.46. The highest BCUT2D eigenvalue weighted by atomic mass is 14.8. The molecule has 2 heteroatoms. The molecule has 0 aromatic heterocycles. The fourth-order valence-corrected chi connectivity index (χ4v) is 3.58. The van der Waals surface area contributed by atoms with E-state index >= 15 is 0 Å². The van der Waals surface area contributed by atoms with Crippen molar-refractivity contribution in [2.75, 3.05) is 0 Å². The Labute approximate surface area is 191 Å². The number of nitrogens with one attached hydrogen (secondary N) is 2. The summed E-state index contributed by atoms with van der Waals surface area (Å²) >= 11 is 0. The second-order valence-electron chi connectivity index (χ2n) is 7.99. The van der Waals surface area contributed by atoms with Crippen LogP contribution in [0.15, 0.2) is 109 Å². The molecule has 0 radical (unpaired) electrons. The Balaban J connectivity index is 1.22. The van der Waals surface area contributed by atoms with E-state index in [0.717, 1.165) is 26.2 Å². The molecule has 0 saturated carbocycles.